The molecule has 1 aromatic carbocycles. The van der Waals surface area contributed by atoms with Gasteiger partial charge >= 0.3 is 0 Å². The Morgan fingerprint density at radius 3 is 2.78 bits per heavy atom. The van der Waals surface area contributed by atoms with Crippen LogP contribution in [0.5, 0.6) is 0 Å². The lowest BCUT2D eigenvalue weighted by Gasteiger charge is -2.43. The van der Waals surface area contributed by atoms with Crippen molar-refractivity contribution in [1.29, 1.82) is 0 Å². The summed E-state index contributed by atoms with van der Waals surface area (Å²) in [4.78, 5) is 21.7. The zero-order valence-corrected chi connectivity index (χ0v) is 16.1. The highest BCUT2D eigenvalue weighted by Crippen LogP contribution is 2.39. The number of fused-ring (bicyclic) bond motifs is 2. The second-order valence-electron chi connectivity index (χ2n) is 8.02. The predicted molar refractivity (Wildman–Crippen MR) is 104 cm³/mol. The van der Waals surface area contributed by atoms with Gasteiger partial charge in [-0.3, -0.25) is 9.69 Å². The first kappa shape index (κ1) is 17.6. The minimum absolute atomic E-state index is 0.0942. The van der Waals surface area contributed by atoms with E-state index < -0.39 is 0 Å². The molecule has 1 aromatic heterocycles. The van der Waals surface area contributed by atoms with Crippen molar-refractivity contribution < 1.29 is 14.6 Å². The minimum atomic E-state index is -0.300. The molecule has 7 heteroatoms. The zero-order chi connectivity index (χ0) is 18.4. The second-order valence-corrected chi connectivity index (χ2v) is 8.91. The first-order chi connectivity index (χ1) is 13.2. The van der Waals surface area contributed by atoms with Crippen LogP contribution in [0.25, 0.3) is 10.2 Å². The number of aliphatic hydroxyl groups is 1. The van der Waals surface area contributed by atoms with E-state index in [1.807, 2.05) is 28.6 Å². The SMILES string of the molecule is O=C(c1ccc2scnc2c1)N1C[C@H]2C[C@@H](N3CCOCC3)[C@H](O)C[C@H]2C1. The molecule has 3 heterocycles. The number of amides is 1. The van der Waals surface area contributed by atoms with Crippen LogP contribution in [-0.4, -0.2) is 77.3 Å². The summed E-state index contributed by atoms with van der Waals surface area (Å²) in [7, 11) is 0. The van der Waals surface area contributed by atoms with E-state index in [1.54, 1.807) is 11.3 Å². The van der Waals surface area contributed by atoms with Crippen molar-refractivity contribution in [2.24, 2.45) is 11.8 Å². The van der Waals surface area contributed by atoms with Crippen LogP contribution in [0.4, 0.5) is 0 Å². The number of thiazole rings is 1. The van der Waals surface area contributed by atoms with Crippen molar-refractivity contribution in [3.63, 3.8) is 0 Å². The van der Waals surface area contributed by atoms with Crippen LogP contribution >= 0.6 is 11.3 Å². The molecule has 4 atom stereocenters. The molecule has 1 saturated carbocycles. The number of aromatic nitrogens is 1. The molecule has 0 radical (unpaired) electrons. The Kier molecular flexibility index (Phi) is 4.63. The van der Waals surface area contributed by atoms with E-state index in [0.29, 0.717) is 11.8 Å². The molecule has 27 heavy (non-hydrogen) atoms. The van der Waals surface area contributed by atoms with Crippen LogP contribution in [-0.2, 0) is 4.74 Å². The highest BCUT2D eigenvalue weighted by Gasteiger charge is 2.44. The van der Waals surface area contributed by atoms with Crippen LogP contribution in [0.1, 0.15) is 23.2 Å². The Morgan fingerprint density at radius 1 is 1.19 bits per heavy atom. The third-order valence-corrected chi connectivity index (χ3v) is 7.30. The normalized spacial score (nSPS) is 32.0. The van der Waals surface area contributed by atoms with Crippen LogP contribution in [0, 0.1) is 11.8 Å². The Labute approximate surface area is 162 Å². The minimum Gasteiger partial charge on any atom is -0.391 e. The van der Waals surface area contributed by atoms with Crippen molar-refractivity contribution in [2.45, 2.75) is 25.0 Å². The van der Waals surface area contributed by atoms with Gasteiger partial charge in [0.1, 0.15) is 0 Å². The maximum atomic E-state index is 13.0. The van der Waals surface area contributed by atoms with Crippen LogP contribution in [0.15, 0.2) is 23.7 Å². The van der Waals surface area contributed by atoms with Gasteiger partial charge in [0.05, 0.1) is 35.0 Å². The van der Waals surface area contributed by atoms with Gasteiger partial charge in [-0.15, -0.1) is 11.3 Å². The fourth-order valence-corrected chi connectivity index (χ4v) is 5.71. The van der Waals surface area contributed by atoms with Gasteiger partial charge in [-0.05, 0) is 42.9 Å². The number of likely N-dealkylation sites (tertiary alicyclic amines) is 1. The zero-order valence-electron chi connectivity index (χ0n) is 15.3. The summed E-state index contributed by atoms with van der Waals surface area (Å²) in [5.74, 6) is 0.981. The van der Waals surface area contributed by atoms with Crippen molar-refractivity contribution in [3.05, 3.63) is 29.3 Å². The van der Waals surface area contributed by atoms with E-state index >= 15 is 0 Å². The van der Waals surface area contributed by atoms with Gasteiger partial charge in [-0.25, -0.2) is 4.98 Å². The molecule has 3 fully saturated rings. The monoisotopic (exact) mass is 387 g/mol. The van der Waals surface area contributed by atoms with Crippen LogP contribution in [0.3, 0.4) is 0 Å². The van der Waals surface area contributed by atoms with E-state index in [9.17, 15) is 9.90 Å². The summed E-state index contributed by atoms with van der Waals surface area (Å²) in [6, 6.07) is 6.01. The van der Waals surface area contributed by atoms with E-state index in [0.717, 1.165) is 68.0 Å². The maximum absolute atomic E-state index is 13.0. The lowest BCUT2D eigenvalue weighted by Crippen LogP contribution is -2.53. The first-order valence-electron chi connectivity index (χ1n) is 9.81. The molecule has 2 aliphatic heterocycles. The summed E-state index contributed by atoms with van der Waals surface area (Å²) in [5.41, 5.74) is 3.43. The highest BCUT2D eigenvalue weighted by molar-refractivity contribution is 7.16. The molecule has 6 nitrogen and oxygen atoms in total. The molecule has 5 rings (SSSR count). The number of carbonyl (C=O) groups is 1. The van der Waals surface area contributed by atoms with E-state index in [-0.39, 0.29) is 18.1 Å². The Balaban J connectivity index is 1.29. The number of morpholine rings is 1. The van der Waals surface area contributed by atoms with Gasteiger partial charge in [0, 0.05) is 37.8 Å². The smallest absolute Gasteiger partial charge is 0.253 e. The summed E-state index contributed by atoms with van der Waals surface area (Å²) >= 11 is 1.59. The van der Waals surface area contributed by atoms with Crippen molar-refractivity contribution >= 4 is 27.5 Å². The molecule has 3 aliphatic rings. The summed E-state index contributed by atoms with van der Waals surface area (Å²) in [6.45, 7) is 4.85. The van der Waals surface area contributed by atoms with Crippen LogP contribution in [0.2, 0.25) is 0 Å². The van der Waals surface area contributed by atoms with Crippen molar-refractivity contribution in [1.82, 2.24) is 14.8 Å². The number of carbonyl (C=O) groups excluding carboxylic acids is 1. The fraction of sp³-hybridized carbons (Fsp3) is 0.600. The number of ether oxygens (including phenoxy) is 1. The van der Waals surface area contributed by atoms with Gasteiger partial charge in [-0.1, -0.05) is 0 Å². The number of aliphatic hydroxyl groups excluding tert-OH is 1. The van der Waals surface area contributed by atoms with Gasteiger partial charge < -0.3 is 14.7 Å². The van der Waals surface area contributed by atoms with Gasteiger partial charge in [0.2, 0.25) is 0 Å². The van der Waals surface area contributed by atoms with E-state index in [4.69, 9.17) is 4.74 Å². The summed E-state index contributed by atoms with van der Waals surface area (Å²) in [5, 5.41) is 10.7. The predicted octanol–water partition coefficient (Wildman–Crippen LogP) is 1.84. The second kappa shape index (κ2) is 7.13. The molecular formula is C20H25N3O3S. The largest absolute Gasteiger partial charge is 0.391 e. The third-order valence-electron chi connectivity index (χ3n) is 6.49. The lowest BCUT2D eigenvalue weighted by molar-refractivity contribution is -0.0520. The van der Waals surface area contributed by atoms with Gasteiger partial charge in [-0.2, -0.15) is 0 Å². The molecule has 0 bridgehead atoms. The Hall–Kier alpha value is -1.54. The summed E-state index contributed by atoms with van der Waals surface area (Å²) < 4.78 is 6.56. The quantitative estimate of drug-likeness (QED) is 0.852. The topological polar surface area (TPSA) is 65.9 Å². The Morgan fingerprint density at radius 2 is 1.96 bits per heavy atom. The number of benzene rings is 1. The molecule has 1 aliphatic carbocycles. The molecule has 1 amide bonds. The van der Waals surface area contributed by atoms with Gasteiger partial charge in [0.25, 0.3) is 5.91 Å². The number of hydrogen-bond donors (Lipinski definition) is 1. The van der Waals surface area contributed by atoms with Crippen LogP contribution < -0.4 is 0 Å². The summed E-state index contributed by atoms with van der Waals surface area (Å²) in [6.07, 6.45) is 1.47. The van der Waals surface area contributed by atoms with Crippen molar-refractivity contribution in [2.75, 3.05) is 39.4 Å². The van der Waals surface area contributed by atoms with E-state index in [2.05, 4.69) is 9.88 Å². The molecule has 0 spiro atoms. The molecule has 144 valence electrons. The van der Waals surface area contributed by atoms with E-state index in [1.165, 1.54) is 0 Å². The maximum Gasteiger partial charge on any atom is 0.253 e. The Bertz CT molecular complexity index is 835. The molecule has 2 aromatic rings. The molecule has 0 unspecified atom stereocenters. The number of hydrogen-bond acceptors (Lipinski definition) is 6. The molecular weight excluding hydrogens is 362 g/mol. The van der Waals surface area contributed by atoms with Crippen molar-refractivity contribution in [3.8, 4) is 0 Å². The fourth-order valence-electron chi connectivity index (χ4n) is 5.05. The third kappa shape index (κ3) is 3.27. The van der Waals surface area contributed by atoms with Gasteiger partial charge in [0.15, 0.2) is 0 Å². The molecule has 2 saturated heterocycles. The standard InChI is InChI=1S/C20H25N3O3S/c24-18-9-15-11-23(10-14(15)8-17(18)22-3-5-26-6-4-22)20(25)13-1-2-19-16(7-13)21-12-27-19/h1-2,7,12,14-15,17-18,24H,3-6,8-11H2/t14-,15+,17-,18-/m1/s1. The average molecular weight is 388 g/mol. The highest BCUT2D eigenvalue weighted by atomic mass is 32.1. The average Bonchev–Trinajstić information content (AvgIpc) is 3.33. The number of rotatable bonds is 2. The molecule has 1 N–H and O–H groups in total. The first-order valence-corrected chi connectivity index (χ1v) is 10.7. The number of nitrogens with zero attached hydrogens (tertiary/aromatic N) is 3. The lowest BCUT2D eigenvalue weighted by atomic mass is 9.77.